The number of hydrogen-bond donors (Lipinski definition) is 1. The quantitative estimate of drug-likeness (QED) is 0.765. The second-order valence-corrected chi connectivity index (χ2v) is 6.36. The molecule has 0 unspecified atom stereocenters. The van der Waals surface area contributed by atoms with E-state index in [0.29, 0.717) is 6.42 Å². The normalized spacial score (nSPS) is 10.2. The third-order valence-corrected chi connectivity index (χ3v) is 4.27. The minimum atomic E-state index is 0.0629. The van der Waals surface area contributed by atoms with Crippen molar-refractivity contribution >= 4 is 39.3 Å². The van der Waals surface area contributed by atoms with Crippen molar-refractivity contribution in [1.82, 2.24) is 0 Å². The van der Waals surface area contributed by atoms with Crippen LogP contribution in [0.4, 0.5) is 5.69 Å². The van der Waals surface area contributed by atoms with Crippen molar-refractivity contribution in [2.75, 3.05) is 11.1 Å². The average Bonchev–Trinajstić information content (AvgIpc) is 2.47. The first-order valence-corrected chi connectivity index (χ1v) is 8.36. The molecule has 0 aliphatic carbocycles. The number of halogens is 1. The van der Waals surface area contributed by atoms with E-state index in [9.17, 15) is 4.79 Å². The summed E-state index contributed by atoms with van der Waals surface area (Å²) in [5, 5.41) is 2.89. The fourth-order valence-corrected chi connectivity index (χ4v) is 2.85. The summed E-state index contributed by atoms with van der Waals surface area (Å²) >= 11 is 5.15. The molecule has 0 aliphatic rings. The molecule has 2 nitrogen and oxygen atoms in total. The Labute approximate surface area is 132 Å². The van der Waals surface area contributed by atoms with E-state index in [0.717, 1.165) is 21.7 Å². The highest BCUT2D eigenvalue weighted by atomic mass is 79.9. The topological polar surface area (TPSA) is 29.1 Å². The van der Waals surface area contributed by atoms with Gasteiger partial charge >= 0.3 is 0 Å². The molecular weight excluding hydrogens is 334 g/mol. The van der Waals surface area contributed by atoms with E-state index in [2.05, 4.69) is 33.4 Å². The average molecular weight is 350 g/mol. The predicted molar refractivity (Wildman–Crippen MR) is 90.0 cm³/mol. The zero-order chi connectivity index (χ0) is 14.2. The van der Waals surface area contributed by atoms with Gasteiger partial charge in [0, 0.05) is 28.1 Å². The Morgan fingerprint density at radius 1 is 1.05 bits per heavy atom. The summed E-state index contributed by atoms with van der Waals surface area (Å²) in [4.78, 5) is 11.8. The summed E-state index contributed by atoms with van der Waals surface area (Å²) in [6.45, 7) is 0. The highest BCUT2D eigenvalue weighted by Gasteiger charge is 2.02. The summed E-state index contributed by atoms with van der Waals surface area (Å²) in [5.41, 5.74) is 2.14. The first-order chi connectivity index (χ1) is 9.74. The van der Waals surface area contributed by atoms with Crippen LogP contribution in [0.3, 0.4) is 0 Å². The van der Waals surface area contributed by atoms with Crippen molar-refractivity contribution in [1.29, 1.82) is 0 Å². The van der Waals surface area contributed by atoms with E-state index in [4.69, 9.17) is 0 Å². The Hall–Kier alpha value is -1.26. The van der Waals surface area contributed by atoms with Crippen molar-refractivity contribution in [2.24, 2.45) is 0 Å². The lowest BCUT2D eigenvalue weighted by molar-refractivity contribution is -0.115. The molecular formula is C16H16BrNOS. The molecule has 104 valence electrons. The van der Waals surface area contributed by atoms with Crippen molar-refractivity contribution in [3.63, 3.8) is 0 Å². The molecule has 0 atom stereocenters. The van der Waals surface area contributed by atoms with Crippen LogP contribution < -0.4 is 5.32 Å². The van der Waals surface area contributed by atoms with Gasteiger partial charge in [-0.15, -0.1) is 0 Å². The van der Waals surface area contributed by atoms with E-state index in [1.807, 2.05) is 42.5 Å². The molecule has 0 saturated carbocycles. The molecule has 2 aromatic rings. The van der Waals surface area contributed by atoms with E-state index in [-0.39, 0.29) is 5.91 Å². The molecule has 2 aromatic carbocycles. The van der Waals surface area contributed by atoms with Crippen LogP contribution in [0, 0.1) is 0 Å². The van der Waals surface area contributed by atoms with Crippen LogP contribution in [0.25, 0.3) is 0 Å². The molecule has 0 aliphatic heterocycles. The molecule has 4 heteroatoms. The van der Waals surface area contributed by atoms with Crippen LogP contribution in [0.15, 0.2) is 59.1 Å². The minimum absolute atomic E-state index is 0.0629. The third kappa shape index (κ3) is 5.39. The van der Waals surface area contributed by atoms with Crippen LogP contribution in [-0.2, 0) is 10.5 Å². The van der Waals surface area contributed by atoms with Gasteiger partial charge in [0.1, 0.15) is 0 Å². The molecule has 0 fully saturated rings. The van der Waals surface area contributed by atoms with E-state index in [1.54, 1.807) is 11.8 Å². The Bertz CT molecular complexity index is 542. The molecule has 0 saturated heterocycles. The monoisotopic (exact) mass is 349 g/mol. The molecule has 1 amide bonds. The van der Waals surface area contributed by atoms with Crippen molar-refractivity contribution in [3.05, 3.63) is 64.6 Å². The Morgan fingerprint density at radius 3 is 2.45 bits per heavy atom. The number of rotatable bonds is 6. The van der Waals surface area contributed by atoms with Gasteiger partial charge in [-0.1, -0.05) is 46.3 Å². The van der Waals surface area contributed by atoms with Crippen molar-refractivity contribution in [2.45, 2.75) is 12.2 Å². The third-order valence-electron chi connectivity index (χ3n) is 2.71. The largest absolute Gasteiger partial charge is 0.326 e. The summed E-state index contributed by atoms with van der Waals surface area (Å²) < 4.78 is 1.01. The first kappa shape index (κ1) is 15.1. The second-order valence-electron chi connectivity index (χ2n) is 4.34. The number of hydrogen-bond acceptors (Lipinski definition) is 2. The molecule has 0 spiro atoms. The molecule has 1 N–H and O–H groups in total. The number of benzene rings is 2. The lowest BCUT2D eigenvalue weighted by atomic mass is 10.2. The summed E-state index contributed by atoms with van der Waals surface area (Å²) in [5.74, 6) is 1.84. The Morgan fingerprint density at radius 2 is 1.75 bits per heavy atom. The van der Waals surface area contributed by atoms with E-state index < -0.39 is 0 Å². The number of amides is 1. The smallest absolute Gasteiger partial charge is 0.225 e. The van der Waals surface area contributed by atoms with Gasteiger partial charge < -0.3 is 5.32 Å². The van der Waals surface area contributed by atoms with E-state index >= 15 is 0 Å². The maximum absolute atomic E-state index is 11.8. The molecule has 0 bridgehead atoms. The second kappa shape index (κ2) is 8.12. The summed E-state index contributed by atoms with van der Waals surface area (Å²) in [6.07, 6.45) is 0.535. The fourth-order valence-electron chi connectivity index (χ4n) is 1.69. The van der Waals surface area contributed by atoms with Gasteiger partial charge in [-0.25, -0.2) is 0 Å². The van der Waals surface area contributed by atoms with Crippen LogP contribution in [0.1, 0.15) is 12.0 Å². The van der Waals surface area contributed by atoms with Crippen LogP contribution >= 0.6 is 27.7 Å². The minimum Gasteiger partial charge on any atom is -0.326 e. The lowest BCUT2D eigenvalue weighted by Crippen LogP contribution is -2.12. The van der Waals surface area contributed by atoms with Gasteiger partial charge in [0.2, 0.25) is 5.91 Å². The van der Waals surface area contributed by atoms with Crippen molar-refractivity contribution in [3.8, 4) is 0 Å². The van der Waals surface area contributed by atoms with Gasteiger partial charge in [0.25, 0.3) is 0 Å². The zero-order valence-corrected chi connectivity index (χ0v) is 13.4. The van der Waals surface area contributed by atoms with Gasteiger partial charge in [-0.05, 0) is 29.8 Å². The highest BCUT2D eigenvalue weighted by molar-refractivity contribution is 9.10. The number of anilines is 1. The van der Waals surface area contributed by atoms with Crippen LogP contribution in [0.2, 0.25) is 0 Å². The van der Waals surface area contributed by atoms with Gasteiger partial charge in [0.05, 0.1) is 0 Å². The maximum atomic E-state index is 11.8. The Kier molecular flexibility index (Phi) is 6.15. The summed E-state index contributed by atoms with van der Waals surface area (Å²) in [7, 11) is 0. The molecule has 0 heterocycles. The lowest BCUT2D eigenvalue weighted by Gasteiger charge is -2.05. The standard InChI is InChI=1S/C16H16BrNOS/c17-14-6-8-15(9-7-14)18-16(19)10-11-20-12-13-4-2-1-3-5-13/h1-9H,10-12H2,(H,18,19). The fraction of sp³-hybridized carbons (Fsp3) is 0.188. The Balaban J connectivity index is 1.66. The van der Waals surface area contributed by atoms with Crippen LogP contribution in [-0.4, -0.2) is 11.7 Å². The van der Waals surface area contributed by atoms with Crippen molar-refractivity contribution < 1.29 is 4.79 Å². The zero-order valence-electron chi connectivity index (χ0n) is 11.0. The number of carbonyl (C=O) groups is 1. The van der Waals surface area contributed by atoms with Gasteiger partial charge in [-0.2, -0.15) is 11.8 Å². The maximum Gasteiger partial charge on any atom is 0.225 e. The number of carbonyl (C=O) groups excluding carboxylic acids is 1. The van der Waals surface area contributed by atoms with Gasteiger partial charge in [0.15, 0.2) is 0 Å². The molecule has 0 radical (unpaired) electrons. The van der Waals surface area contributed by atoms with Gasteiger partial charge in [-0.3, -0.25) is 4.79 Å². The SMILES string of the molecule is O=C(CCSCc1ccccc1)Nc1ccc(Br)cc1. The molecule has 0 aromatic heterocycles. The highest BCUT2D eigenvalue weighted by Crippen LogP contribution is 2.15. The summed E-state index contributed by atoms with van der Waals surface area (Å²) in [6, 6.07) is 17.9. The number of nitrogens with one attached hydrogen (secondary N) is 1. The molecule has 2 rings (SSSR count). The number of thioether (sulfide) groups is 1. The first-order valence-electron chi connectivity index (χ1n) is 6.41. The van der Waals surface area contributed by atoms with Crippen LogP contribution in [0.5, 0.6) is 0 Å². The predicted octanol–water partition coefficient (Wildman–Crippen LogP) is 4.71. The molecule has 20 heavy (non-hydrogen) atoms. The van der Waals surface area contributed by atoms with E-state index in [1.165, 1.54) is 5.56 Å².